The Morgan fingerprint density at radius 3 is 2.52 bits per heavy atom. The van der Waals surface area contributed by atoms with Crippen molar-refractivity contribution in [3.8, 4) is 11.1 Å². The van der Waals surface area contributed by atoms with Crippen molar-refractivity contribution < 1.29 is 28.7 Å². The number of aliphatic carboxylic acids is 1. The Kier molecular flexibility index (Phi) is 6.91. The quantitative estimate of drug-likeness (QED) is 0.582. The lowest BCUT2D eigenvalue weighted by Gasteiger charge is -2.26. The van der Waals surface area contributed by atoms with Gasteiger partial charge in [0.05, 0.1) is 12.5 Å². The number of likely N-dealkylation sites (N-methyl/N-ethyl adjacent to an activating group) is 1. The monoisotopic (exact) mass is 453 g/mol. The van der Waals surface area contributed by atoms with Crippen LogP contribution in [0.4, 0.5) is 9.18 Å². The normalized spacial score (nSPS) is 16.5. The summed E-state index contributed by atoms with van der Waals surface area (Å²) in [6, 6.07) is 6.52. The fraction of sp³-hybridized carbons (Fsp3) is 0.250. The van der Waals surface area contributed by atoms with Crippen LogP contribution in [0, 0.1) is 19.7 Å². The van der Waals surface area contributed by atoms with Crippen molar-refractivity contribution in [1.82, 2.24) is 15.5 Å². The number of halogens is 1. The van der Waals surface area contributed by atoms with E-state index in [2.05, 4.69) is 10.6 Å². The summed E-state index contributed by atoms with van der Waals surface area (Å²) in [5.41, 5.74) is 2.69. The van der Waals surface area contributed by atoms with Gasteiger partial charge in [-0.3, -0.25) is 14.4 Å². The second kappa shape index (κ2) is 9.64. The summed E-state index contributed by atoms with van der Waals surface area (Å²) in [6.45, 7) is 3.49. The van der Waals surface area contributed by atoms with Crippen molar-refractivity contribution in [2.24, 2.45) is 0 Å². The van der Waals surface area contributed by atoms with Crippen LogP contribution in [0.2, 0.25) is 0 Å². The number of nitrogens with zero attached hydrogens (tertiary/aromatic N) is 1. The molecule has 33 heavy (non-hydrogen) atoms. The average Bonchev–Trinajstić information content (AvgIpc) is 2.74. The largest absolute Gasteiger partial charge is 0.481 e. The third-order valence-corrected chi connectivity index (χ3v) is 5.55. The van der Waals surface area contributed by atoms with Crippen LogP contribution in [0.1, 0.15) is 29.2 Å². The molecule has 2 aromatic rings. The zero-order chi connectivity index (χ0) is 24.3. The third-order valence-electron chi connectivity index (χ3n) is 5.55. The predicted molar refractivity (Wildman–Crippen MR) is 119 cm³/mol. The highest BCUT2D eigenvalue weighted by molar-refractivity contribution is 6.14. The van der Waals surface area contributed by atoms with E-state index in [1.807, 2.05) is 19.1 Å². The number of nitrogens with one attached hydrogen (secondary N) is 2. The molecular formula is C24H24FN3O5. The lowest BCUT2D eigenvalue weighted by molar-refractivity contribution is -0.138. The Balaban J connectivity index is 1.93. The Labute approximate surface area is 190 Å². The summed E-state index contributed by atoms with van der Waals surface area (Å²) in [6.07, 6.45) is 1.97. The van der Waals surface area contributed by atoms with E-state index in [9.17, 15) is 28.7 Å². The first kappa shape index (κ1) is 23.6. The van der Waals surface area contributed by atoms with E-state index in [1.54, 1.807) is 19.1 Å². The minimum Gasteiger partial charge on any atom is -0.481 e. The summed E-state index contributed by atoms with van der Waals surface area (Å²) in [7, 11) is 1.44. The van der Waals surface area contributed by atoms with Crippen LogP contribution in [0.3, 0.4) is 0 Å². The maximum atomic E-state index is 14.8. The van der Waals surface area contributed by atoms with Gasteiger partial charge in [-0.1, -0.05) is 30.3 Å². The van der Waals surface area contributed by atoms with Gasteiger partial charge in [-0.05, 0) is 42.2 Å². The standard InChI is InChI=1S/C24H24FN3O5/c1-13-6-4-5-7-15(13)21-14(2)16(8-9-17(21)25)18(12-20(30)31)26-24(33)27-22-19(29)10-11-28(3)23(22)32/h4-11,18,22H,12H2,1-3H3,(H,30,31)(H2,26,27,33)/t18-,22?/m0/s1. The number of rotatable bonds is 6. The van der Waals surface area contributed by atoms with Gasteiger partial charge in [0.1, 0.15) is 5.82 Å². The van der Waals surface area contributed by atoms with Gasteiger partial charge in [-0.2, -0.15) is 0 Å². The van der Waals surface area contributed by atoms with E-state index >= 15 is 0 Å². The fourth-order valence-electron chi connectivity index (χ4n) is 3.81. The van der Waals surface area contributed by atoms with E-state index < -0.39 is 48.0 Å². The van der Waals surface area contributed by atoms with Crippen LogP contribution in [-0.2, 0) is 14.4 Å². The number of urea groups is 1. The third kappa shape index (κ3) is 5.08. The molecule has 0 fully saturated rings. The molecule has 1 heterocycles. The molecule has 0 aliphatic carbocycles. The predicted octanol–water partition coefficient (Wildman–Crippen LogP) is 2.85. The number of benzene rings is 2. The van der Waals surface area contributed by atoms with Crippen molar-refractivity contribution in [1.29, 1.82) is 0 Å². The first-order chi connectivity index (χ1) is 15.6. The number of hydrogen-bond acceptors (Lipinski definition) is 4. The summed E-state index contributed by atoms with van der Waals surface area (Å²) >= 11 is 0. The van der Waals surface area contributed by atoms with Crippen molar-refractivity contribution >= 4 is 23.7 Å². The number of hydrogen-bond donors (Lipinski definition) is 3. The highest BCUT2D eigenvalue weighted by atomic mass is 19.1. The van der Waals surface area contributed by atoms with Gasteiger partial charge in [-0.15, -0.1) is 0 Å². The summed E-state index contributed by atoms with van der Waals surface area (Å²) < 4.78 is 14.8. The van der Waals surface area contributed by atoms with Gasteiger partial charge in [0, 0.05) is 24.9 Å². The van der Waals surface area contributed by atoms with Gasteiger partial charge in [0.25, 0.3) is 5.91 Å². The maximum Gasteiger partial charge on any atom is 0.316 e. The highest BCUT2D eigenvalue weighted by Gasteiger charge is 2.33. The molecule has 3 N–H and O–H groups in total. The lowest BCUT2D eigenvalue weighted by atomic mass is 9.89. The van der Waals surface area contributed by atoms with Gasteiger partial charge < -0.3 is 20.6 Å². The molecule has 0 saturated heterocycles. The van der Waals surface area contributed by atoms with E-state index in [0.29, 0.717) is 22.3 Å². The molecule has 1 aliphatic heterocycles. The molecule has 0 saturated carbocycles. The molecule has 1 aliphatic rings. The van der Waals surface area contributed by atoms with Gasteiger partial charge in [0.15, 0.2) is 11.8 Å². The van der Waals surface area contributed by atoms with Crippen LogP contribution >= 0.6 is 0 Å². The molecule has 9 heteroatoms. The number of carboxylic acids is 1. The van der Waals surface area contributed by atoms with E-state index in [-0.39, 0.29) is 0 Å². The molecule has 8 nitrogen and oxygen atoms in total. The lowest BCUT2D eigenvalue weighted by Crippen LogP contribution is -2.55. The minimum atomic E-state index is -1.41. The molecule has 2 atom stereocenters. The molecule has 0 radical (unpaired) electrons. The van der Waals surface area contributed by atoms with E-state index in [4.69, 9.17) is 0 Å². The topological polar surface area (TPSA) is 116 Å². The number of carbonyl (C=O) groups excluding carboxylic acids is 3. The summed E-state index contributed by atoms with van der Waals surface area (Å²) in [4.78, 5) is 49.5. The van der Waals surface area contributed by atoms with Gasteiger partial charge >= 0.3 is 12.0 Å². The zero-order valence-electron chi connectivity index (χ0n) is 18.4. The molecule has 0 bridgehead atoms. The first-order valence-electron chi connectivity index (χ1n) is 10.2. The molecule has 0 aromatic heterocycles. The SMILES string of the molecule is Cc1ccccc1-c1c(F)ccc([C@H](CC(=O)O)NC(=O)NC2C(=O)C=CN(C)C2=O)c1C. The van der Waals surface area contributed by atoms with Crippen LogP contribution in [0.15, 0.2) is 48.7 Å². The Morgan fingerprint density at radius 2 is 1.85 bits per heavy atom. The minimum absolute atomic E-state index is 0.313. The maximum absolute atomic E-state index is 14.8. The van der Waals surface area contributed by atoms with Crippen molar-refractivity contribution in [2.75, 3.05) is 7.05 Å². The summed E-state index contributed by atoms with van der Waals surface area (Å²) in [5.74, 6) is -2.87. The molecule has 3 amide bonds. The van der Waals surface area contributed by atoms with E-state index in [0.717, 1.165) is 5.56 Å². The molecule has 1 unspecified atom stereocenters. The Bertz CT molecular complexity index is 1160. The van der Waals surface area contributed by atoms with Crippen LogP contribution in [0.25, 0.3) is 11.1 Å². The number of amides is 3. The second-order valence-electron chi connectivity index (χ2n) is 7.82. The van der Waals surface area contributed by atoms with Gasteiger partial charge in [-0.25, -0.2) is 9.18 Å². The zero-order valence-corrected chi connectivity index (χ0v) is 18.4. The number of carbonyl (C=O) groups is 4. The van der Waals surface area contributed by atoms with E-state index in [1.165, 1.54) is 36.4 Å². The average molecular weight is 453 g/mol. The molecule has 172 valence electrons. The highest BCUT2D eigenvalue weighted by Crippen LogP contribution is 2.34. The van der Waals surface area contributed by atoms with Crippen LogP contribution < -0.4 is 10.6 Å². The number of aryl methyl sites for hydroxylation is 1. The smallest absolute Gasteiger partial charge is 0.316 e. The van der Waals surface area contributed by atoms with Crippen LogP contribution in [0.5, 0.6) is 0 Å². The Hall–Kier alpha value is -4.01. The van der Waals surface area contributed by atoms with Gasteiger partial charge in [0.2, 0.25) is 0 Å². The molecular weight excluding hydrogens is 429 g/mol. The summed E-state index contributed by atoms with van der Waals surface area (Å²) in [5, 5.41) is 14.2. The van der Waals surface area contributed by atoms with Crippen molar-refractivity contribution in [3.05, 3.63) is 71.2 Å². The van der Waals surface area contributed by atoms with Crippen molar-refractivity contribution in [2.45, 2.75) is 32.4 Å². The number of ketones is 1. The molecule has 2 aromatic carbocycles. The fourth-order valence-corrected chi connectivity index (χ4v) is 3.81. The van der Waals surface area contributed by atoms with Crippen molar-refractivity contribution in [3.63, 3.8) is 0 Å². The molecule has 0 spiro atoms. The first-order valence-corrected chi connectivity index (χ1v) is 10.2. The second-order valence-corrected chi connectivity index (χ2v) is 7.82. The Morgan fingerprint density at radius 1 is 1.15 bits per heavy atom. The van der Waals surface area contributed by atoms with Crippen LogP contribution in [-0.4, -0.2) is 46.8 Å². The number of carboxylic acid groups (broad SMARTS) is 1. The molecule has 3 rings (SSSR count).